The van der Waals surface area contributed by atoms with Crippen molar-refractivity contribution in [1.82, 2.24) is 0 Å². The maximum Gasteiger partial charge on any atom is -0.0312 e. The summed E-state index contributed by atoms with van der Waals surface area (Å²) in [6.45, 7) is 7.50. The molecule has 0 bridgehead atoms. The third kappa shape index (κ3) is 168. The predicted octanol–water partition coefficient (Wildman–Crippen LogP) is 1.79. The highest BCUT2D eigenvalue weighted by Crippen LogP contribution is 1.73. The van der Waals surface area contributed by atoms with E-state index in [4.69, 9.17) is 0 Å². The van der Waals surface area contributed by atoms with Crippen molar-refractivity contribution in [2.24, 2.45) is 0 Å². The van der Waals surface area contributed by atoms with Gasteiger partial charge >= 0.3 is 0 Å². The fourth-order valence-electron chi connectivity index (χ4n) is 0. The molecule has 0 heterocycles. The van der Waals surface area contributed by atoms with Crippen molar-refractivity contribution in [3.63, 3.8) is 0 Å². The first-order valence-corrected chi connectivity index (χ1v) is 1.35. The molecule has 0 fully saturated rings. The zero-order chi connectivity index (χ0) is 3.58. The van der Waals surface area contributed by atoms with E-state index in [-0.39, 0.29) is 7.43 Å². The quantitative estimate of drug-likeness (QED) is 0.380. The van der Waals surface area contributed by atoms with Gasteiger partial charge in [-0.2, -0.15) is 0 Å². The Kier molecular flexibility index (Phi) is 6.61. The molecule has 0 N–H and O–H groups in total. The first kappa shape index (κ1) is 8.83. The van der Waals surface area contributed by atoms with Gasteiger partial charge in [0.05, 0.1) is 0 Å². The molecular weight excluding hydrogens is 60.1 g/mol. The zero-order valence-electron chi connectivity index (χ0n) is 3.78. The Morgan fingerprint density at radius 3 is 1.40 bits per heavy atom. The summed E-state index contributed by atoms with van der Waals surface area (Å²) in [5.41, 5.74) is 1.17. The average Bonchev–Trinajstić information content (AvgIpc) is 0.811. The largest absolute Gasteiger partial charge is 0.100 e. The highest BCUT2D eigenvalue weighted by atomic mass is 13.6. The lowest BCUT2D eigenvalue weighted by Gasteiger charge is -1.65. The molecule has 0 unspecified atom stereocenters. The van der Waals surface area contributed by atoms with Crippen LogP contribution in [0, 0.1) is 7.43 Å². The van der Waals surface area contributed by atoms with Gasteiger partial charge in [0, 0.05) is 0 Å². The fourth-order valence-corrected chi connectivity index (χ4v) is 0. The summed E-state index contributed by atoms with van der Waals surface area (Å²) in [5.74, 6) is 0. The van der Waals surface area contributed by atoms with Crippen LogP contribution >= 0.6 is 0 Å². The van der Waals surface area contributed by atoms with Crippen molar-refractivity contribution >= 4 is 0 Å². The van der Waals surface area contributed by atoms with Crippen LogP contribution in [0.3, 0.4) is 0 Å². The standard InChI is InChI=1S/C4H8.CH/c1-4(2)3;/h1H2,2-3H3;1H. The van der Waals surface area contributed by atoms with Gasteiger partial charge in [0.25, 0.3) is 0 Å². The topological polar surface area (TPSA) is 0 Å². The van der Waals surface area contributed by atoms with E-state index in [9.17, 15) is 0 Å². The summed E-state index contributed by atoms with van der Waals surface area (Å²) in [5, 5.41) is 0. The average molecular weight is 69.1 g/mol. The van der Waals surface area contributed by atoms with Gasteiger partial charge in [-0.3, -0.25) is 0 Å². The summed E-state index contributed by atoms with van der Waals surface area (Å²) in [7, 11) is 0. The third-order valence-electron chi connectivity index (χ3n) is 0. The molecule has 0 heteroatoms. The van der Waals surface area contributed by atoms with E-state index < -0.39 is 0 Å². The summed E-state index contributed by atoms with van der Waals surface area (Å²) >= 11 is 0. The summed E-state index contributed by atoms with van der Waals surface area (Å²) in [4.78, 5) is 0. The smallest absolute Gasteiger partial charge is 0.0312 e. The number of rotatable bonds is 0. The van der Waals surface area contributed by atoms with Crippen molar-refractivity contribution in [1.29, 1.82) is 0 Å². The van der Waals surface area contributed by atoms with Gasteiger partial charge in [-0.15, -0.1) is 6.58 Å². The normalized spacial score (nSPS) is 5.20. The molecule has 29 valence electrons. The molecule has 0 spiro atoms. The molecule has 5 heavy (non-hydrogen) atoms. The molecule has 0 aromatic carbocycles. The molecule has 0 nitrogen and oxygen atoms in total. The van der Waals surface area contributed by atoms with Crippen LogP contribution in [0.25, 0.3) is 0 Å². The van der Waals surface area contributed by atoms with Crippen molar-refractivity contribution < 1.29 is 0 Å². The van der Waals surface area contributed by atoms with E-state index in [1.165, 1.54) is 5.57 Å². The number of hydrogen-bond donors (Lipinski definition) is 0. The summed E-state index contributed by atoms with van der Waals surface area (Å²) < 4.78 is 0. The zero-order valence-corrected chi connectivity index (χ0v) is 3.78. The maximum absolute atomic E-state index is 3.56. The number of allylic oxidation sites excluding steroid dienone is 1. The van der Waals surface area contributed by atoms with Gasteiger partial charge in [0.15, 0.2) is 0 Å². The van der Waals surface area contributed by atoms with E-state index in [0.717, 1.165) is 0 Å². The van der Waals surface area contributed by atoms with Crippen molar-refractivity contribution in [3.05, 3.63) is 19.6 Å². The minimum atomic E-state index is 0. The lowest BCUT2D eigenvalue weighted by Crippen LogP contribution is -1.43. The first-order chi connectivity index (χ1) is 1.73. The van der Waals surface area contributed by atoms with Crippen molar-refractivity contribution in [3.8, 4) is 0 Å². The lowest BCUT2D eigenvalue weighted by atomic mass is 10.4. The lowest BCUT2D eigenvalue weighted by molar-refractivity contribution is 1.42. The van der Waals surface area contributed by atoms with Crippen LogP contribution in [0.5, 0.6) is 0 Å². The van der Waals surface area contributed by atoms with Crippen LogP contribution in [0.2, 0.25) is 0 Å². The Bertz CT molecular complexity index is 23.0. The van der Waals surface area contributed by atoms with Gasteiger partial charge in [-0.25, -0.2) is 0 Å². The molecule has 0 aliphatic rings. The van der Waals surface area contributed by atoms with E-state index in [0.29, 0.717) is 0 Å². The number of hydrogen-bond acceptors (Lipinski definition) is 0. The van der Waals surface area contributed by atoms with Crippen LogP contribution in [0.1, 0.15) is 13.8 Å². The van der Waals surface area contributed by atoms with Gasteiger partial charge in [0.1, 0.15) is 0 Å². The van der Waals surface area contributed by atoms with Crippen LogP contribution in [0.15, 0.2) is 12.2 Å². The Hall–Kier alpha value is -0.260. The minimum Gasteiger partial charge on any atom is -0.100 e. The molecule has 0 aliphatic heterocycles. The van der Waals surface area contributed by atoms with Crippen molar-refractivity contribution in [2.45, 2.75) is 13.8 Å². The minimum absolute atomic E-state index is 0. The Labute approximate surface area is 34.5 Å². The van der Waals surface area contributed by atoms with E-state index >= 15 is 0 Å². The molecule has 0 aromatic heterocycles. The third-order valence-corrected chi connectivity index (χ3v) is 0. The second kappa shape index (κ2) is 3.74. The Morgan fingerprint density at radius 2 is 1.40 bits per heavy atom. The molecule has 0 saturated carbocycles. The predicted molar refractivity (Wildman–Crippen MR) is 24.8 cm³/mol. The van der Waals surface area contributed by atoms with Crippen LogP contribution in [-0.2, 0) is 0 Å². The fraction of sp³-hybridized carbons (Fsp3) is 0.400. The maximum atomic E-state index is 3.56. The SMILES string of the molecule is C=C(C)C.[CH]. The van der Waals surface area contributed by atoms with Crippen LogP contribution in [-0.4, -0.2) is 0 Å². The first-order valence-electron chi connectivity index (χ1n) is 1.35. The Morgan fingerprint density at radius 1 is 1.40 bits per heavy atom. The van der Waals surface area contributed by atoms with Crippen LogP contribution < -0.4 is 0 Å². The Balaban J connectivity index is 0. The van der Waals surface area contributed by atoms with Crippen LogP contribution in [0.4, 0.5) is 0 Å². The van der Waals surface area contributed by atoms with E-state index in [2.05, 4.69) is 6.58 Å². The van der Waals surface area contributed by atoms with E-state index in [1.54, 1.807) is 0 Å². The molecule has 0 saturated heterocycles. The van der Waals surface area contributed by atoms with Gasteiger partial charge in [-0.05, 0) is 21.3 Å². The summed E-state index contributed by atoms with van der Waals surface area (Å²) in [6.07, 6.45) is 0. The second-order valence-electron chi connectivity index (χ2n) is 1.21. The molecule has 0 aromatic rings. The van der Waals surface area contributed by atoms with Gasteiger partial charge in [0.2, 0.25) is 0 Å². The van der Waals surface area contributed by atoms with Gasteiger partial charge < -0.3 is 0 Å². The molecule has 0 amide bonds. The molecule has 0 rings (SSSR count). The molecular formula is C5H9. The highest BCUT2D eigenvalue weighted by molar-refractivity contribution is 4.78. The highest BCUT2D eigenvalue weighted by Gasteiger charge is 1.51. The molecule has 3 radical (unpaired) electrons. The van der Waals surface area contributed by atoms with Gasteiger partial charge in [-0.1, -0.05) is 5.57 Å². The monoisotopic (exact) mass is 69.1 g/mol. The summed E-state index contributed by atoms with van der Waals surface area (Å²) in [6, 6.07) is 0. The van der Waals surface area contributed by atoms with Crippen molar-refractivity contribution in [2.75, 3.05) is 0 Å². The molecule has 0 aliphatic carbocycles. The molecule has 0 atom stereocenters. The second-order valence-corrected chi connectivity index (χ2v) is 1.21. The van der Waals surface area contributed by atoms with E-state index in [1.807, 2.05) is 13.8 Å².